The zero-order valence-corrected chi connectivity index (χ0v) is 14.2. The van der Waals surface area contributed by atoms with Gasteiger partial charge in [-0.2, -0.15) is 5.26 Å². The molecule has 1 aromatic carbocycles. The van der Waals surface area contributed by atoms with Crippen LogP contribution >= 0.6 is 23.2 Å². The van der Waals surface area contributed by atoms with Crippen molar-refractivity contribution in [2.45, 2.75) is 40.2 Å². The predicted molar refractivity (Wildman–Crippen MR) is 86.2 cm³/mol. The molecule has 114 valence electrons. The van der Waals surface area contributed by atoms with Crippen LogP contribution in [0.15, 0.2) is 18.2 Å². The monoisotopic (exact) mass is 326 g/mol. The van der Waals surface area contributed by atoms with Gasteiger partial charge in [0.2, 0.25) is 5.91 Å². The summed E-state index contributed by atoms with van der Waals surface area (Å²) in [6, 6.07) is 7.14. The van der Waals surface area contributed by atoms with Crippen molar-refractivity contribution in [3.8, 4) is 6.07 Å². The minimum absolute atomic E-state index is 0.157. The van der Waals surface area contributed by atoms with Crippen LogP contribution in [0.3, 0.4) is 0 Å². The number of carbonyl (C=O) groups is 1. The predicted octanol–water partition coefficient (Wildman–Crippen LogP) is 4.75. The fourth-order valence-corrected chi connectivity index (χ4v) is 2.53. The standard InChI is InChI=1S/C16H20Cl2N2O/c1-10(13-6-5-12(17)8-14(13)18)20-15(21)7-11(9-19)16(2,3)4/h5-6,8,10-11H,7H2,1-4H3,(H,20,21)/t10-,11?/m1/s1. The molecule has 0 aliphatic carbocycles. The molecule has 1 N–H and O–H groups in total. The molecule has 0 saturated heterocycles. The van der Waals surface area contributed by atoms with E-state index in [0.717, 1.165) is 5.56 Å². The number of carbonyl (C=O) groups excluding carboxylic acids is 1. The molecule has 1 rings (SSSR count). The van der Waals surface area contributed by atoms with Crippen molar-refractivity contribution in [1.82, 2.24) is 5.32 Å². The second-order valence-electron chi connectivity index (χ2n) is 6.21. The molecule has 0 heterocycles. The van der Waals surface area contributed by atoms with Gasteiger partial charge in [0.05, 0.1) is 18.0 Å². The quantitative estimate of drug-likeness (QED) is 0.868. The molecule has 3 nitrogen and oxygen atoms in total. The number of nitrogens with zero attached hydrogens (tertiary/aromatic N) is 1. The van der Waals surface area contributed by atoms with Gasteiger partial charge in [-0.15, -0.1) is 0 Å². The second-order valence-corrected chi connectivity index (χ2v) is 7.05. The maximum Gasteiger partial charge on any atom is 0.221 e. The molecule has 5 heteroatoms. The smallest absolute Gasteiger partial charge is 0.221 e. The first kappa shape index (κ1) is 17.8. The lowest BCUT2D eigenvalue weighted by atomic mass is 9.79. The molecule has 2 atom stereocenters. The molecular weight excluding hydrogens is 307 g/mol. The van der Waals surface area contributed by atoms with Gasteiger partial charge in [0.15, 0.2) is 0 Å². The number of halogens is 2. The Hall–Kier alpha value is -1.24. The summed E-state index contributed by atoms with van der Waals surface area (Å²) < 4.78 is 0. The molecule has 0 bridgehead atoms. The van der Waals surface area contributed by atoms with Gasteiger partial charge in [0.25, 0.3) is 0 Å². The number of benzene rings is 1. The first-order valence-corrected chi connectivity index (χ1v) is 7.54. The summed E-state index contributed by atoms with van der Waals surface area (Å²) in [4.78, 5) is 12.1. The molecule has 0 aromatic heterocycles. The molecular formula is C16H20Cl2N2O. The van der Waals surface area contributed by atoms with Crippen LogP contribution in [0.4, 0.5) is 0 Å². The topological polar surface area (TPSA) is 52.9 Å². The summed E-state index contributed by atoms with van der Waals surface area (Å²) in [5.41, 5.74) is 0.575. The Morgan fingerprint density at radius 1 is 1.38 bits per heavy atom. The molecule has 0 spiro atoms. The van der Waals surface area contributed by atoms with Gasteiger partial charge in [0, 0.05) is 16.5 Å². The highest BCUT2D eigenvalue weighted by atomic mass is 35.5. The Balaban J connectivity index is 2.73. The number of rotatable bonds is 4. The maximum atomic E-state index is 12.1. The van der Waals surface area contributed by atoms with E-state index in [-0.39, 0.29) is 29.7 Å². The van der Waals surface area contributed by atoms with E-state index in [1.54, 1.807) is 18.2 Å². The van der Waals surface area contributed by atoms with Gasteiger partial charge >= 0.3 is 0 Å². The molecule has 0 saturated carbocycles. The van der Waals surface area contributed by atoms with Gasteiger partial charge in [-0.1, -0.05) is 50.0 Å². The minimum atomic E-state index is -0.328. The van der Waals surface area contributed by atoms with E-state index in [1.807, 2.05) is 27.7 Å². The largest absolute Gasteiger partial charge is 0.349 e. The zero-order chi connectivity index (χ0) is 16.2. The second kappa shape index (κ2) is 7.15. The molecule has 0 aliphatic heterocycles. The molecule has 1 unspecified atom stereocenters. The number of amides is 1. The zero-order valence-electron chi connectivity index (χ0n) is 12.7. The van der Waals surface area contributed by atoms with Crippen LogP contribution in [0.25, 0.3) is 0 Å². The van der Waals surface area contributed by atoms with Crippen molar-refractivity contribution in [1.29, 1.82) is 5.26 Å². The summed E-state index contributed by atoms with van der Waals surface area (Å²) in [5.74, 6) is -0.486. The summed E-state index contributed by atoms with van der Waals surface area (Å²) in [6.07, 6.45) is 0.176. The normalized spacial score (nSPS) is 14.1. The SMILES string of the molecule is C[C@@H](NC(=O)CC(C#N)C(C)(C)C)c1ccc(Cl)cc1Cl. The highest BCUT2D eigenvalue weighted by Gasteiger charge is 2.27. The summed E-state index contributed by atoms with van der Waals surface area (Å²) in [6.45, 7) is 7.71. The van der Waals surface area contributed by atoms with Crippen molar-refractivity contribution in [3.63, 3.8) is 0 Å². The minimum Gasteiger partial charge on any atom is -0.349 e. The Morgan fingerprint density at radius 2 is 2.00 bits per heavy atom. The van der Waals surface area contributed by atoms with Crippen LogP contribution in [-0.4, -0.2) is 5.91 Å². The van der Waals surface area contributed by atoms with Crippen LogP contribution in [0.2, 0.25) is 10.0 Å². The lowest BCUT2D eigenvalue weighted by Gasteiger charge is -2.25. The van der Waals surface area contributed by atoms with E-state index >= 15 is 0 Å². The molecule has 0 fully saturated rings. The highest BCUT2D eigenvalue weighted by Crippen LogP contribution is 2.29. The van der Waals surface area contributed by atoms with Gasteiger partial charge in [-0.3, -0.25) is 4.79 Å². The van der Waals surface area contributed by atoms with Crippen LogP contribution in [-0.2, 0) is 4.79 Å². The van der Waals surface area contributed by atoms with E-state index in [9.17, 15) is 10.1 Å². The van der Waals surface area contributed by atoms with Crippen molar-refractivity contribution in [3.05, 3.63) is 33.8 Å². The van der Waals surface area contributed by atoms with Gasteiger partial charge in [0.1, 0.15) is 0 Å². The van der Waals surface area contributed by atoms with Gasteiger partial charge in [-0.25, -0.2) is 0 Å². The van der Waals surface area contributed by atoms with E-state index in [1.165, 1.54) is 0 Å². The fraction of sp³-hybridized carbons (Fsp3) is 0.500. The van der Waals surface area contributed by atoms with Crippen LogP contribution < -0.4 is 5.32 Å². The van der Waals surface area contributed by atoms with Crippen LogP contribution in [0.5, 0.6) is 0 Å². The number of nitrogens with one attached hydrogen (secondary N) is 1. The van der Waals surface area contributed by atoms with E-state index in [2.05, 4.69) is 11.4 Å². The third-order valence-electron chi connectivity index (χ3n) is 3.40. The molecule has 1 amide bonds. The van der Waals surface area contributed by atoms with Crippen molar-refractivity contribution < 1.29 is 4.79 Å². The van der Waals surface area contributed by atoms with Crippen LogP contribution in [0.1, 0.15) is 45.7 Å². The number of nitriles is 1. The Labute approximate surface area is 136 Å². The molecule has 1 aromatic rings. The molecule has 0 aliphatic rings. The number of hydrogen-bond donors (Lipinski definition) is 1. The third-order valence-corrected chi connectivity index (χ3v) is 3.96. The molecule has 21 heavy (non-hydrogen) atoms. The third kappa shape index (κ3) is 5.22. The van der Waals surface area contributed by atoms with E-state index in [4.69, 9.17) is 23.2 Å². The summed E-state index contributed by atoms with van der Waals surface area (Å²) in [5, 5.41) is 13.1. The first-order valence-electron chi connectivity index (χ1n) is 6.79. The van der Waals surface area contributed by atoms with Crippen molar-refractivity contribution >= 4 is 29.1 Å². The maximum absolute atomic E-state index is 12.1. The van der Waals surface area contributed by atoms with Gasteiger partial charge in [-0.05, 0) is 30.0 Å². The Bertz CT molecular complexity index is 558. The average molecular weight is 327 g/mol. The summed E-state index contributed by atoms with van der Waals surface area (Å²) in [7, 11) is 0. The van der Waals surface area contributed by atoms with Crippen molar-refractivity contribution in [2.24, 2.45) is 11.3 Å². The van der Waals surface area contributed by atoms with Crippen molar-refractivity contribution in [2.75, 3.05) is 0 Å². The van der Waals surface area contributed by atoms with E-state index < -0.39 is 0 Å². The average Bonchev–Trinajstić information content (AvgIpc) is 2.34. The lowest BCUT2D eigenvalue weighted by molar-refractivity contribution is -0.123. The van der Waals surface area contributed by atoms with Gasteiger partial charge < -0.3 is 5.32 Å². The lowest BCUT2D eigenvalue weighted by Crippen LogP contribution is -2.31. The van der Waals surface area contributed by atoms with E-state index in [0.29, 0.717) is 10.0 Å². The van der Waals surface area contributed by atoms with Crippen LogP contribution in [0, 0.1) is 22.7 Å². The Morgan fingerprint density at radius 3 is 2.48 bits per heavy atom. The first-order chi connectivity index (χ1) is 9.65. The fourth-order valence-electron chi connectivity index (χ4n) is 1.96. The number of hydrogen-bond acceptors (Lipinski definition) is 2. The Kier molecular flexibility index (Phi) is 6.07. The molecule has 0 radical (unpaired) electrons. The highest BCUT2D eigenvalue weighted by molar-refractivity contribution is 6.35. The summed E-state index contributed by atoms with van der Waals surface area (Å²) >= 11 is 12.0.